The SMILES string of the molecule is COc1cc(N=Nc2cccc(C)c2)ccc1NC(=O)Nc1ccc(N=Nc2cccc(C)c2)cc1OC.COc1cc(N=Nc2cccc(C)c2)ccc1Nc1nc(Nc2ccc(N=Nc3cccc(C)c3)cc2OC)nc(N(C)CCO)n1.Cc1cc(Nc2nc(NCCO)nc(Nc3ccc(N=Nc4cc(C)c5cccc(C)c5c4)c(C)c3)n2)ccc1N=Nc1cc(C)c2cccc(C)c2c1. The summed E-state index contributed by atoms with van der Waals surface area (Å²) in [6.45, 7) is 20.8. The van der Waals surface area contributed by atoms with Gasteiger partial charge in [-0.25, -0.2) is 4.79 Å². The van der Waals surface area contributed by atoms with E-state index in [-0.39, 0.29) is 31.7 Å². The first-order valence-electron chi connectivity index (χ1n) is 44.5. The predicted molar refractivity (Wildman–Crippen MR) is 552 cm³/mol. The highest BCUT2D eigenvalue weighted by atomic mass is 16.5. The van der Waals surface area contributed by atoms with Crippen LogP contribution in [-0.2, 0) is 0 Å². The molecule has 0 bridgehead atoms. The van der Waals surface area contributed by atoms with E-state index in [2.05, 4.69) is 217 Å². The van der Waals surface area contributed by atoms with Crippen molar-refractivity contribution in [1.82, 2.24) is 29.9 Å². The van der Waals surface area contributed by atoms with E-state index in [0.717, 1.165) is 101 Å². The minimum atomic E-state index is -0.468. The third kappa shape index (κ3) is 27.1. The van der Waals surface area contributed by atoms with Crippen LogP contribution < -0.4 is 61.1 Å². The van der Waals surface area contributed by atoms with Gasteiger partial charge < -0.3 is 71.3 Å². The third-order valence-corrected chi connectivity index (χ3v) is 21.6. The summed E-state index contributed by atoms with van der Waals surface area (Å²) in [5.74, 6) is 3.72. The van der Waals surface area contributed by atoms with E-state index in [1.54, 1.807) is 74.7 Å². The van der Waals surface area contributed by atoms with Crippen LogP contribution in [0.1, 0.15) is 55.6 Å². The monoisotopic (exact) mass is 1850 g/mol. The number of likely N-dealkylation sites (N-methyl/N-ethyl adjacent to an activating group) is 1. The second kappa shape index (κ2) is 46.9. The summed E-state index contributed by atoms with van der Waals surface area (Å²) in [6.07, 6.45) is 0. The molecule has 33 nitrogen and oxygen atoms in total. The lowest BCUT2D eigenvalue weighted by atomic mass is 10.0. The largest absolute Gasteiger partial charge is 0.494 e. The molecule has 0 spiro atoms. The number of carbonyl (C=O) groups excluding carboxylic acids is 1. The number of benzene rings is 14. The van der Waals surface area contributed by atoms with Gasteiger partial charge in [-0.15, -0.1) is 0 Å². The van der Waals surface area contributed by atoms with Gasteiger partial charge in [0.25, 0.3) is 0 Å². The van der Waals surface area contributed by atoms with Gasteiger partial charge in [-0.2, -0.15) is 91.3 Å². The Morgan fingerprint density at radius 2 is 0.619 bits per heavy atom. The first-order valence-corrected chi connectivity index (χ1v) is 44.5. The van der Waals surface area contributed by atoms with Crippen molar-refractivity contribution in [2.24, 2.45) is 61.4 Å². The number of carbonyl (C=O) groups is 1. The Labute approximate surface area is 805 Å². The number of anilines is 12. The van der Waals surface area contributed by atoms with Crippen molar-refractivity contribution in [3.8, 4) is 23.0 Å². The molecule has 0 fully saturated rings. The fourth-order valence-electron chi connectivity index (χ4n) is 14.5. The summed E-state index contributed by atoms with van der Waals surface area (Å²) < 4.78 is 22.2. The summed E-state index contributed by atoms with van der Waals surface area (Å²) in [4.78, 5) is 41.9. The molecule has 0 aliphatic heterocycles. The molecule has 0 saturated heterocycles. The van der Waals surface area contributed by atoms with Gasteiger partial charge in [-0.1, -0.05) is 84.9 Å². The van der Waals surface area contributed by atoms with E-state index in [1.165, 1.54) is 46.9 Å². The summed E-state index contributed by atoms with van der Waals surface area (Å²) >= 11 is 0. The van der Waals surface area contributed by atoms with E-state index < -0.39 is 6.03 Å². The Morgan fingerprint density at radius 3 is 0.957 bits per heavy atom. The van der Waals surface area contributed by atoms with Gasteiger partial charge in [-0.05, 0) is 304 Å². The predicted octanol–water partition coefficient (Wildman–Crippen LogP) is 28.8. The van der Waals surface area contributed by atoms with Crippen molar-refractivity contribution in [2.75, 3.05) is 104 Å². The maximum atomic E-state index is 12.8. The molecule has 9 N–H and O–H groups in total. The molecule has 0 radical (unpaired) electrons. The Balaban J connectivity index is 0.000000169. The van der Waals surface area contributed by atoms with Gasteiger partial charge in [-0.3, -0.25) is 0 Å². The maximum Gasteiger partial charge on any atom is 0.323 e. The Hall–Kier alpha value is -17.6. The van der Waals surface area contributed by atoms with Crippen LogP contribution in [0, 0.1) is 69.2 Å². The van der Waals surface area contributed by atoms with Crippen LogP contribution in [0.15, 0.2) is 328 Å². The van der Waals surface area contributed by atoms with Crippen LogP contribution in [0.5, 0.6) is 23.0 Å². The van der Waals surface area contributed by atoms with Crippen molar-refractivity contribution >= 4 is 166 Å². The number of fused-ring (bicyclic) bond motifs is 2. The second-order valence-corrected chi connectivity index (χ2v) is 32.4. The highest BCUT2D eigenvalue weighted by Gasteiger charge is 2.19. The fraction of sp³-hybridized carbons (Fsp3) is 0.179. The third-order valence-electron chi connectivity index (χ3n) is 21.6. The average molecular weight is 1860 g/mol. The van der Waals surface area contributed by atoms with Crippen molar-refractivity contribution < 1.29 is 34.0 Å². The quantitative estimate of drug-likeness (QED) is 0.0177. The molecule has 0 unspecified atom stereocenters. The Kier molecular flexibility index (Phi) is 32.8. The zero-order valence-corrected chi connectivity index (χ0v) is 79.7. The van der Waals surface area contributed by atoms with Crippen LogP contribution in [-0.4, -0.2) is 108 Å². The second-order valence-electron chi connectivity index (χ2n) is 32.4. The van der Waals surface area contributed by atoms with Crippen LogP contribution >= 0.6 is 0 Å². The number of methoxy groups -OCH3 is 4. The first kappa shape index (κ1) is 97.4. The number of nitrogens with zero attached hydrogens (tertiary/aromatic N) is 19. The number of azo groups is 6. The number of amides is 2. The number of hydrogen-bond acceptors (Lipinski definition) is 31. The molecule has 0 aliphatic carbocycles. The van der Waals surface area contributed by atoms with Crippen molar-refractivity contribution in [1.29, 1.82) is 0 Å². The number of aliphatic hydroxyl groups excluding tert-OH is 2. The Morgan fingerprint density at radius 1 is 0.295 bits per heavy atom. The number of aliphatic hydroxyl groups is 2. The highest BCUT2D eigenvalue weighted by Crippen LogP contribution is 2.40. The molecule has 0 atom stereocenters. The molecule has 0 aliphatic rings. The normalized spacial score (nSPS) is 11.3. The van der Waals surface area contributed by atoms with Crippen molar-refractivity contribution in [3.63, 3.8) is 0 Å². The molecule has 2 heterocycles. The number of hydrogen-bond donors (Lipinski definition) is 9. The molecule has 0 saturated carbocycles. The molecule has 16 aromatic rings. The number of nitrogens with one attached hydrogen (secondary N) is 7. The standard InChI is InChI=1S/C43H42N10O.C34H36N10O3.C29H28N6O3/c1-25-9-7-11-35-27(3)19-33(23-37(25)35)50-52-39-15-13-31(21-29(39)5)45-42-47-41(44-17-18-54)48-43(49-42)46-32-14-16-40(30(6)22-32)53-51-34-20-28(4)36-12-8-10-26(2)38(36)24-34;1-22-8-6-10-24(18-22)40-42-26-12-14-28(30(20-26)46-4)35-32-37-33(39-34(38-32)44(3)16-17-45)36-29-15-13-27(21-31(29)47-5)43-41-25-11-7-9-23(2)19-25;1-19-7-5-9-21(15-19)32-34-23-11-13-25(27(17-23)37-3)30-29(36)31-26-14-12-24(18-28(26)38-4)35-33-22-10-6-8-20(2)16-22/h7-16,19-24,54H,17-18H2,1-6H3,(H3,44,45,46,47,48,49);6-15,18-21,45H,16-17H2,1-5H3,(H2,35,36,37,38,39);5-18H,1-4H3,(H2,30,31,36). The van der Waals surface area contributed by atoms with Crippen LogP contribution in [0.4, 0.5) is 143 Å². The van der Waals surface area contributed by atoms with Gasteiger partial charge in [0.2, 0.25) is 35.7 Å². The average Bonchev–Trinajstić information content (AvgIpc) is 0.800. The summed E-state index contributed by atoms with van der Waals surface area (Å²) in [5.41, 5.74) is 23.3. The Bertz CT molecular complexity index is 6910. The molecule has 702 valence electrons. The minimum Gasteiger partial charge on any atom is -0.494 e. The van der Waals surface area contributed by atoms with E-state index in [4.69, 9.17) is 18.9 Å². The van der Waals surface area contributed by atoms with Crippen LogP contribution in [0.2, 0.25) is 0 Å². The molecule has 139 heavy (non-hydrogen) atoms. The number of aromatic nitrogens is 6. The maximum absolute atomic E-state index is 12.8. The van der Waals surface area contributed by atoms with E-state index >= 15 is 0 Å². The number of ether oxygens (including phenoxy) is 4. The lowest BCUT2D eigenvalue weighted by Gasteiger charge is -2.18. The van der Waals surface area contributed by atoms with E-state index in [9.17, 15) is 15.0 Å². The molecule has 2 aromatic heterocycles. The lowest BCUT2D eigenvalue weighted by Crippen LogP contribution is -2.24. The molecule has 2 amide bonds. The van der Waals surface area contributed by atoms with Crippen molar-refractivity contribution in [3.05, 3.63) is 323 Å². The number of aryl methyl sites for hydroxylation is 10. The van der Waals surface area contributed by atoms with Gasteiger partial charge in [0.15, 0.2) is 0 Å². The van der Waals surface area contributed by atoms with E-state index in [0.29, 0.717) is 98.8 Å². The summed E-state index contributed by atoms with van der Waals surface area (Å²) in [6, 6.07) is 84.1. The van der Waals surface area contributed by atoms with E-state index in [1.807, 2.05) is 199 Å². The highest BCUT2D eigenvalue weighted by molar-refractivity contribution is 6.02. The first-order chi connectivity index (χ1) is 67.4. The molecular formula is C106H106N26O7. The molecular weight excluding hydrogens is 1750 g/mol. The number of urea groups is 1. The molecule has 33 heteroatoms. The minimum absolute atomic E-state index is 0.0710. The van der Waals surface area contributed by atoms with Gasteiger partial charge in [0.1, 0.15) is 23.0 Å². The molecule has 16 rings (SSSR count). The van der Waals surface area contributed by atoms with Gasteiger partial charge in [0.05, 0.1) is 133 Å². The lowest BCUT2D eigenvalue weighted by molar-refractivity contribution is 0.262. The molecule has 14 aromatic carbocycles. The smallest absolute Gasteiger partial charge is 0.323 e. The fourth-order valence-corrected chi connectivity index (χ4v) is 14.5. The van der Waals surface area contributed by atoms with Crippen molar-refractivity contribution in [2.45, 2.75) is 69.2 Å². The van der Waals surface area contributed by atoms with Crippen LogP contribution in [0.25, 0.3) is 21.5 Å². The zero-order chi connectivity index (χ0) is 97.9. The van der Waals surface area contributed by atoms with Gasteiger partial charge >= 0.3 is 6.03 Å². The topological polar surface area (TPSA) is 408 Å². The van der Waals surface area contributed by atoms with Crippen LogP contribution in [0.3, 0.4) is 0 Å². The summed E-state index contributed by atoms with van der Waals surface area (Å²) in [5, 5.41) is 98.1. The zero-order valence-electron chi connectivity index (χ0n) is 79.7. The summed E-state index contributed by atoms with van der Waals surface area (Å²) in [7, 11) is 7.96. The van der Waals surface area contributed by atoms with Gasteiger partial charge in [0, 0.05) is 55.8 Å². The number of rotatable bonds is 32.